The van der Waals surface area contributed by atoms with Crippen LogP contribution in [0.1, 0.15) is 11.1 Å². The lowest BCUT2D eigenvalue weighted by atomic mass is 10.1. The van der Waals surface area contributed by atoms with Crippen molar-refractivity contribution in [2.45, 2.75) is 13.0 Å². The monoisotopic (exact) mass is 414 g/mol. The molecule has 0 radical (unpaired) electrons. The first kappa shape index (κ1) is 22.9. The highest BCUT2D eigenvalue weighted by Gasteiger charge is 2.13. The van der Waals surface area contributed by atoms with Gasteiger partial charge in [-0.15, -0.1) is 12.4 Å². The van der Waals surface area contributed by atoms with E-state index in [9.17, 15) is 4.79 Å². The quantitative estimate of drug-likeness (QED) is 0.583. The molecule has 0 bridgehead atoms. The lowest BCUT2D eigenvalue weighted by molar-refractivity contribution is -0.119. The molecule has 3 N–H and O–H groups in total. The number of rotatable bonds is 10. The van der Waals surface area contributed by atoms with Gasteiger partial charge in [0.2, 0.25) is 0 Å². The van der Waals surface area contributed by atoms with Crippen LogP contribution in [0.25, 0.3) is 0 Å². The van der Waals surface area contributed by atoms with Crippen LogP contribution in [0.2, 0.25) is 5.02 Å². The van der Waals surface area contributed by atoms with Gasteiger partial charge in [-0.1, -0.05) is 23.7 Å². The van der Waals surface area contributed by atoms with Crippen molar-refractivity contribution in [2.24, 2.45) is 5.73 Å². The zero-order chi connectivity index (χ0) is 18.9. The smallest absolute Gasteiger partial charge is 0.255 e. The summed E-state index contributed by atoms with van der Waals surface area (Å²) in [6.07, 6.45) is 0.897. The maximum absolute atomic E-state index is 10.9. The van der Waals surface area contributed by atoms with Crippen LogP contribution in [0.3, 0.4) is 0 Å². The number of hydrogen-bond acceptors (Lipinski definition) is 5. The summed E-state index contributed by atoms with van der Waals surface area (Å²) in [5.74, 6) is 1.05. The number of benzene rings is 2. The molecule has 1 amide bonds. The molecule has 0 saturated heterocycles. The Kier molecular flexibility index (Phi) is 9.78. The third-order valence-electron chi connectivity index (χ3n) is 3.73. The molecule has 0 aliphatic heterocycles. The Bertz CT molecular complexity index is 739. The molecule has 2 aromatic carbocycles. The van der Waals surface area contributed by atoms with E-state index in [0.29, 0.717) is 23.1 Å². The van der Waals surface area contributed by atoms with Gasteiger partial charge >= 0.3 is 0 Å². The second kappa shape index (κ2) is 11.5. The first-order valence-electron chi connectivity index (χ1n) is 8.14. The van der Waals surface area contributed by atoms with Crippen molar-refractivity contribution in [1.82, 2.24) is 5.32 Å². The molecular formula is C19H24Cl2N2O4. The number of hydrogen-bond donors (Lipinski definition) is 2. The fourth-order valence-electron chi connectivity index (χ4n) is 2.42. The summed E-state index contributed by atoms with van der Waals surface area (Å²) >= 11 is 6.24. The van der Waals surface area contributed by atoms with Crippen LogP contribution in [0.5, 0.6) is 17.2 Å². The van der Waals surface area contributed by atoms with Gasteiger partial charge < -0.3 is 25.3 Å². The predicted molar refractivity (Wildman–Crippen MR) is 108 cm³/mol. The maximum atomic E-state index is 10.9. The van der Waals surface area contributed by atoms with E-state index >= 15 is 0 Å². The third kappa shape index (κ3) is 7.17. The van der Waals surface area contributed by atoms with E-state index in [1.54, 1.807) is 13.2 Å². The highest BCUT2D eigenvalue weighted by molar-refractivity contribution is 6.32. The van der Waals surface area contributed by atoms with Crippen LogP contribution < -0.4 is 25.3 Å². The normalized spacial score (nSPS) is 10.0. The summed E-state index contributed by atoms with van der Waals surface area (Å²) in [5.41, 5.74) is 7.27. The van der Waals surface area contributed by atoms with Crippen molar-refractivity contribution in [3.05, 3.63) is 52.5 Å². The van der Waals surface area contributed by atoms with Crippen molar-refractivity contribution in [3.63, 3.8) is 0 Å². The highest BCUT2D eigenvalue weighted by Crippen LogP contribution is 2.36. The molecule has 2 rings (SSSR count). The average Bonchev–Trinajstić information content (AvgIpc) is 2.64. The highest BCUT2D eigenvalue weighted by atomic mass is 35.5. The summed E-state index contributed by atoms with van der Waals surface area (Å²) in [7, 11) is 3.17. The standard InChI is InChI=1S/C19H23ClN2O4.ClH/c1-24-15-5-3-13(4-6-15)7-8-22-11-14-9-16(20)19(17(10-14)25-2)26-12-18(21)23;/h3-6,9-10,22H,7-8,11-12H2,1-2H3,(H2,21,23);1H. The van der Waals surface area contributed by atoms with Crippen molar-refractivity contribution >= 4 is 29.9 Å². The number of methoxy groups -OCH3 is 2. The number of nitrogens with two attached hydrogens (primary N) is 1. The number of ether oxygens (including phenoxy) is 3. The van der Waals surface area contributed by atoms with Gasteiger partial charge in [0, 0.05) is 6.54 Å². The minimum absolute atomic E-state index is 0. The molecular weight excluding hydrogens is 391 g/mol. The molecule has 27 heavy (non-hydrogen) atoms. The van der Waals surface area contributed by atoms with Gasteiger partial charge in [0.05, 0.1) is 19.2 Å². The lowest BCUT2D eigenvalue weighted by Crippen LogP contribution is -2.20. The van der Waals surface area contributed by atoms with Gasteiger partial charge in [0.25, 0.3) is 5.91 Å². The zero-order valence-electron chi connectivity index (χ0n) is 15.3. The molecule has 0 aliphatic rings. The second-order valence-electron chi connectivity index (χ2n) is 5.64. The number of carbonyl (C=O) groups is 1. The Morgan fingerprint density at radius 1 is 1.11 bits per heavy atom. The van der Waals surface area contributed by atoms with Crippen molar-refractivity contribution in [2.75, 3.05) is 27.4 Å². The van der Waals surface area contributed by atoms with E-state index < -0.39 is 5.91 Å². The lowest BCUT2D eigenvalue weighted by Gasteiger charge is -2.14. The van der Waals surface area contributed by atoms with E-state index in [4.69, 9.17) is 31.5 Å². The SMILES string of the molecule is COc1ccc(CCNCc2cc(Cl)c(OCC(N)=O)c(OC)c2)cc1.Cl. The molecule has 0 saturated carbocycles. The van der Waals surface area contributed by atoms with Gasteiger partial charge in [-0.05, 0) is 48.4 Å². The van der Waals surface area contributed by atoms with Crippen molar-refractivity contribution in [3.8, 4) is 17.2 Å². The molecule has 0 aliphatic carbocycles. The Morgan fingerprint density at radius 2 is 1.81 bits per heavy atom. The molecule has 0 heterocycles. The first-order chi connectivity index (χ1) is 12.5. The van der Waals surface area contributed by atoms with Gasteiger partial charge in [-0.3, -0.25) is 4.79 Å². The van der Waals surface area contributed by atoms with Crippen LogP contribution >= 0.6 is 24.0 Å². The van der Waals surface area contributed by atoms with Crippen LogP contribution in [-0.2, 0) is 17.8 Å². The summed E-state index contributed by atoms with van der Waals surface area (Å²) in [6.45, 7) is 1.18. The number of nitrogens with one attached hydrogen (secondary N) is 1. The molecule has 8 heteroatoms. The van der Waals surface area contributed by atoms with Crippen molar-refractivity contribution in [1.29, 1.82) is 0 Å². The minimum atomic E-state index is -0.576. The fraction of sp³-hybridized carbons (Fsp3) is 0.316. The first-order valence-corrected chi connectivity index (χ1v) is 8.52. The van der Waals surface area contributed by atoms with Crippen LogP contribution in [0, 0.1) is 0 Å². The zero-order valence-corrected chi connectivity index (χ0v) is 16.9. The van der Waals surface area contributed by atoms with Crippen LogP contribution in [0.4, 0.5) is 0 Å². The van der Waals surface area contributed by atoms with Gasteiger partial charge in [-0.2, -0.15) is 0 Å². The number of amides is 1. The second-order valence-corrected chi connectivity index (χ2v) is 6.05. The minimum Gasteiger partial charge on any atom is -0.497 e. The Hall–Kier alpha value is -2.15. The Morgan fingerprint density at radius 3 is 2.41 bits per heavy atom. The molecule has 0 fully saturated rings. The Labute approximate surface area is 170 Å². The Balaban J connectivity index is 0.00000364. The van der Waals surface area contributed by atoms with E-state index in [0.717, 1.165) is 24.3 Å². The maximum Gasteiger partial charge on any atom is 0.255 e. The molecule has 0 aromatic heterocycles. The summed E-state index contributed by atoms with van der Waals surface area (Å²) < 4.78 is 15.8. The molecule has 2 aromatic rings. The van der Waals surface area contributed by atoms with Crippen LogP contribution in [0.15, 0.2) is 36.4 Å². The van der Waals surface area contributed by atoms with Gasteiger partial charge in [0.15, 0.2) is 18.1 Å². The summed E-state index contributed by atoms with van der Waals surface area (Å²) in [4.78, 5) is 10.9. The predicted octanol–water partition coefficient (Wildman–Crippen LogP) is 2.98. The fourth-order valence-corrected chi connectivity index (χ4v) is 2.70. The molecule has 0 spiro atoms. The molecule has 148 valence electrons. The number of primary amides is 1. The third-order valence-corrected chi connectivity index (χ3v) is 4.01. The molecule has 0 atom stereocenters. The summed E-state index contributed by atoms with van der Waals surface area (Å²) in [6, 6.07) is 11.6. The molecule has 0 unspecified atom stereocenters. The van der Waals surface area contributed by atoms with E-state index in [-0.39, 0.29) is 19.0 Å². The summed E-state index contributed by atoms with van der Waals surface area (Å²) in [5, 5.41) is 3.74. The number of halogens is 2. The van der Waals surface area contributed by atoms with E-state index in [1.807, 2.05) is 30.3 Å². The van der Waals surface area contributed by atoms with Crippen molar-refractivity contribution < 1.29 is 19.0 Å². The van der Waals surface area contributed by atoms with Gasteiger partial charge in [-0.25, -0.2) is 0 Å². The number of carbonyl (C=O) groups excluding carboxylic acids is 1. The van der Waals surface area contributed by atoms with E-state index in [2.05, 4.69) is 5.32 Å². The topological polar surface area (TPSA) is 82.8 Å². The molecule has 6 nitrogen and oxygen atoms in total. The van der Waals surface area contributed by atoms with E-state index in [1.165, 1.54) is 12.7 Å². The van der Waals surface area contributed by atoms with Crippen LogP contribution in [-0.4, -0.2) is 33.3 Å². The van der Waals surface area contributed by atoms with Gasteiger partial charge in [0.1, 0.15) is 5.75 Å². The average molecular weight is 415 g/mol. The largest absolute Gasteiger partial charge is 0.497 e.